The van der Waals surface area contributed by atoms with Gasteiger partial charge in [-0.2, -0.15) is 5.10 Å². The van der Waals surface area contributed by atoms with Gasteiger partial charge in [-0.3, -0.25) is 0 Å². The largest absolute Gasteiger partial charge is 0.390 e. The Labute approximate surface area is 137 Å². The molecule has 1 N–H and O–H groups in total. The van der Waals surface area contributed by atoms with Crippen LogP contribution in [0.2, 0.25) is 0 Å². The summed E-state index contributed by atoms with van der Waals surface area (Å²) in [5.41, 5.74) is 3.08. The Morgan fingerprint density at radius 2 is 2.09 bits per heavy atom. The van der Waals surface area contributed by atoms with Crippen LogP contribution in [0.15, 0.2) is 54.9 Å². The Bertz CT molecular complexity index is 847. The fourth-order valence-corrected chi connectivity index (χ4v) is 3.48. The van der Waals surface area contributed by atoms with Crippen molar-refractivity contribution in [2.45, 2.75) is 13.2 Å². The minimum atomic E-state index is -0.0531. The van der Waals surface area contributed by atoms with Crippen LogP contribution in [0.5, 0.6) is 0 Å². The monoisotopic (exact) mass is 324 g/mol. The highest BCUT2D eigenvalue weighted by Crippen LogP contribution is 2.25. The van der Waals surface area contributed by atoms with E-state index in [1.54, 1.807) is 10.7 Å². The van der Waals surface area contributed by atoms with Gasteiger partial charge in [0.2, 0.25) is 4.96 Å². The summed E-state index contributed by atoms with van der Waals surface area (Å²) < 4.78 is 1.73. The lowest BCUT2D eigenvalue weighted by Crippen LogP contribution is -2.19. The van der Waals surface area contributed by atoms with Crippen molar-refractivity contribution in [3.8, 4) is 0 Å². The van der Waals surface area contributed by atoms with E-state index in [9.17, 15) is 0 Å². The van der Waals surface area contributed by atoms with Crippen molar-refractivity contribution in [2.75, 3.05) is 6.54 Å². The van der Waals surface area contributed by atoms with Crippen LogP contribution in [-0.2, 0) is 13.2 Å². The van der Waals surface area contributed by atoms with Crippen LogP contribution in [0.25, 0.3) is 10.5 Å². The Morgan fingerprint density at radius 1 is 1.22 bits per heavy atom. The number of benzene rings is 1. The molecule has 3 aromatic rings. The normalized spacial score (nSPS) is 14.5. The molecule has 4 rings (SSSR count). The number of rotatable bonds is 4. The lowest BCUT2D eigenvalue weighted by molar-refractivity contribution is 0.277. The second-order valence-electron chi connectivity index (χ2n) is 5.41. The number of allylic oxidation sites excluding steroid dienone is 2. The molecule has 1 aliphatic rings. The Hall–Kier alpha value is -2.44. The molecule has 23 heavy (non-hydrogen) atoms. The van der Waals surface area contributed by atoms with Gasteiger partial charge in [0, 0.05) is 24.9 Å². The van der Waals surface area contributed by atoms with Crippen LogP contribution in [0, 0.1) is 0 Å². The molecule has 116 valence electrons. The van der Waals surface area contributed by atoms with E-state index in [-0.39, 0.29) is 6.61 Å². The maximum Gasteiger partial charge on any atom is 0.212 e. The summed E-state index contributed by atoms with van der Waals surface area (Å²) in [5, 5.41) is 14.6. The topological polar surface area (TPSA) is 53.7 Å². The van der Waals surface area contributed by atoms with E-state index in [4.69, 9.17) is 5.11 Å². The van der Waals surface area contributed by atoms with E-state index in [0.29, 0.717) is 5.69 Å². The third-order valence-electron chi connectivity index (χ3n) is 3.74. The average Bonchev–Trinajstić information content (AvgIpc) is 3.15. The van der Waals surface area contributed by atoms with Crippen molar-refractivity contribution in [1.29, 1.82) is 0 Å². The molecule has 3 heterocycles. The van der Waals surface area contributed by atoms with Crippen molar-refractivity contribution in [2.24, 2.45) is 0 Å². The van der Waals surface area contributed by atoms with Gasteiger partial charge >= 0.3 is 0 Å². The lowest BCUT2D eigenvalue weighted by atomic mass is 10.1. The molecule has 0 fully saturated rings. The summed E-state index contributed by atoms with van der Waals surface area (Å²) in [7, 11) is 0. The summed E-state index contributed by atoms with van der Waals surface area (Å²) in [4.78, 5) is 7.40. The van der Waals surface area contributed by atoms with Gasteiger partial charge < -0.3 is 10.0 Å². The first-order valence-electron chi connectivity index (χ1n) is 7.44. The number of aliphatic hydroxyl groups excluding tert-OH is 1. The molecule has 0 amide bonds. The number of hydrogen-bond donors (Lipinski definition) is 1. The predicted octanol–water partition coefficient (Wildman–Crippen LogP) is 2.70. The van der Waals surface area contributed by atoms with Gasteiger partial charge in [0.15, 0.2) is 0 Å². The van der Waals surface area contributed by atoms with Crippen LogP contribution in [0.4, 0.5) is 0 Å². The molecule has 1 aliphatic heterocycles. The number of hydrogen-bond acceptors (Lipinski definition) is 5. The van der Waals surface area contributed by atoms with E-state index >= 15 is 0 Å². The molecule has 0 radical (unpaired) electrons. The smallest absolute Gasteiger partial charge is 0.212 e. The molecule has 0 saturated carbocycles. The van der Waals surface area contributed by atoms with Crippen LogP contribution >= 0.6 is 11.3 Å². The fraction of sp³-hybridized carbons (Fsp3) is 0.176. The van der Waals surface area contributed by atoms with E-state index in [0.717, 1.165) is 28.6 Å². The number of nitrogens with zero attached hydrogens (tertiary/aromatic N) is 4. The highest BCUT2D eigenvalue weighted by Gasteiger charge is 2.13. The second kappa shape index (κ2) is 5.98. The molecule has 0 atom stereocenters. The van der Waals surface area contributed by atoms with E-state index in [2.05, 4.69) is 57.6 Å². The third-order valence-corrected chi connectivity index (χ3v) is 4.71. The zero-order valence-electron chi connectivity index (χ0n) is 12.5. The first-order valence-corrected chi connectivity index (χ1v) is 8.26. The van der Waals surface area contributed by atoms with Gasteiger partial charge in [0.05, 0.1) is 18.5 Å². The summed E-state index contributed by atoms with van der Waals surface area (Å²) in [6, 6.07) is 10.4. The highest BCUT2D eigenvalue weighted by molar-refractivity contribution is 7.17. The quantitative estimate of drug-likeness (QED) is 0.802. The Kier molecular flexibility index (Phi) is 3.69. The summed E-state index contributed by atoms with van der Waals surface area (Å²) >= 11 is 1.54. The summed E-state index contributed by atoms with van der Waals surface area (Å²) in [5.74, 6) is 0. The molecule has 1 aromatic carbocycles. The van der Waals surface area contributed by atoms with Crippen molar-refractivity contribution in [1.82, 2.24) is 19.5 Å². The predicted molar refractivity (Wildman–Crippen MR) is 90.8 cm³/mol. The Balaban J connectivity index is 1.48. The van der Waals surface area contributed by atoms with Crippen LogP contribution in [0.3, 0.4) is 0 Å². The summed E-state index contributed by atoms with van der Waals surface area (Å²) in [6.07, 6.45) is 8.17. The van der Waals surface area contributed by atoms with Gasteiger partial charge in [-0.15, -0.1) is 0 Å². The van der Waals surface area contributed by atoms with Crippen LogP contribution in [0.1, 0.15) is 16.3 Å². The molecular formula is C17H16N4OS. The first kappa shape index (κ1) is 14.2. The molecule has 2 aromatic heterocycles. The molecule has 6 heteroatoms. The minimum absolute atomic E-state index is 0.0531. The minimum Gasteiger partial charge on any atom is -0.390 e. The van der Waals surface area contributed by atoms with Gasteiger partial charge in [0.25, 0.3) is 0 Å². The van der Waals surface area contributed by atoms with E-state index in [1.165, 1.54) is 16.9 Å². The zero-order chi connectivity index (χ0) is 15.6. The molecule has 0 unspecified atom stereocenters. The SMILES string of the molecule is OCc1cn2nc(C3=CCN(Cc4ccccc4)C=C3)sc2n1. The molecule has 5 nitrogen and oxygen atoms in total. The van der Waals surface area contributed by atoms with Crippen molar-refractivity contribution in [3.63, 3.8) is 0 Å². The van der Waals surface area contributed by atoms with Crippen molar-refractivity contribution < 1.29 is 5.11 Å². The number of fused-ring (bicyclic) bond motifs is 1. The van der Waals surface area contributed by atoms with Gasteiger partial charge in [0.1, 0.15) is 5.01 Å². The fourth-order valence-electron chi connectivity index (χ4n) is 2.56. The molecule has 0 saturated heterocycles. The van der Waals surface area contributed by atoms with Crippen LogP contribution < -0.4 is 0 Å². The number of aliphatic hydroxyl groups is 1. The van der Waals surface area contributed by atoms with Crippen molar-refractivity contribution >= 4 is 21.9 Å². The van der Waals surface area contributed by atoms with E-state index < -0.39 is 0 Å². The average molecular weight is 324 g/mol. The van der Waals surface area contributed by atoms with Gasteiger partial charge in [-0.25, -0.2) is 9.50 Å². The third kappa shape index (κ3) is 2.91. The molecular weight excluding hydrogens is 308 g/mol. The summed E-state index contributed by atoms with van der Waals surface area (Å²) in [6.45, 7) is 1.72. The molecule has 0 aliphatic carbocycles. The van der Waals surface area contributed by atoms with Gasteiger partial charge in [-0.1, -0.05) is 47.7 Å². The zero-order valence-corrected chi connectivity index (χ0v) is 13.3. The second-order valence-corrected chi connectivity index (χ2v) is 6.37. The standard InChI is InChI=1S/C17H16N4OS/c22-12-15-11-21-17(18-15)23-16(19-21)14-6-8-20(9-7-14)10-13-4-2-1-3-5-13/h1-8,11,22H,9-10,12H2. The van der Waals surface area contributed by atoms with E-state index in [1.807, 2.05) is 6.07 Å². The maximum atomic E-state index is 9.10. The van der Waals surface area contributed by atoms with Gasteiger partial charge in [-0.05, 0) is 11.6 Å². The lowest BCUT2D eigenvalue weighted by Gasteiger charge is -2.22. The van der Waals surface area contributed by atoms with Crippen LogP contribution in [-0.4, -0.2) is 31.1 Å². The number of imidazole rings is 1. The highest BCUT2D eigenvalue weighted by atomic mass is 32.1. The first-order chi connectivity index (χ1) is 11.3. The number of aromatic nitrogens is 3. The molecule has 0 bridgehead atoms. The molecule has 0 spiro atoms. The Morgan fingerprint density at radius 3 is 2.78 bits per heavy atom. The maximum absolute atomic E-state index is 9.10. The van der Waals surface area contributed by atoms with Crippen molar-refractivity contribution in [3.05, 3.63) is 71.1 Å².